The molecule has 0 aromatic heterocycles. The van der Waals surface area contributed by atoms with Crippen LogP contribution >= 0.6 is 0 Å². The third-order valence-electron chi connectivity index (χ3n) is 6.03. The molecule has 2 amide bonds. The van der Waals surface area contributed by atoms with Gasteiger partial charge in [-0.05, 0) is 68.2 Å². The summed E-state index contributed by atoms with van der Waals surface area (Å²) < 4.78 is 5.28. The van der Waals surface area contributed by atoms with E-state index in [2.05, 4.69) is 22.3 Å². The van der Waals surface area contributed by atoms with Gasteiger partial charge in [-0.15, -0.1) is 0 Å². The molecule has 0 spiro atoms. The number of ether oxygens (including phenoxy) is 1. The molecule has 2 heterocycles. The van der Waals surface area contributed by atoms with E-state index in [1.54, 1.807) is 18.1 Å². The van der Waals surface area contributed by atoms with E-state index < -0.39 is 0 Å². The summed E-state index contributed by atoms with van der Waals surface area (Å²) in [6.45, 7) is 3.34. The third kappa shape index (κ3) is 4.49. The number of anilines is 1. The maximum atomic E-state index is 12.9. The monoisotopic (exact) mass is 407 g/mol. The number of carbonyl (C=O) groups excluding carboxylic acids is 2. The zero-order valence-corrected chi connectivity index (χ0v) is 17.5. The molecule has 2 fully saturated rings. The van der Waals surface area contributed by atoms with Gasteiger partial charge in [-0.1, -0.05) is 18.2 Å². The number of hydrogen-bond acceptors (Lipinski definition) is 4. The molecule has 2 saturated heterocycles. The van der Waals surface area contributed by atoms with Gasteiger partial charge in [0.1, 0.15) is 5.75 Å². The molecule has 2 aromatic rings. The Morgan fingerprint density at radius 3 is 2.50 bits per heavy atom. The largest absolute Gasteiger partial charge is 0.497 e. The van der Waals surface area contributed by atoms with E-state index in [0.29, 0.717) is 18.5 Å². The molecular formula is C24H29N3O3. The molecule has 158 valence electrons. The number of carbonyl (C=O) groups is 2. The standard InChI is InChI=1S/C24H29N3O3/c1-30-21-11-9-18(10-12-21)22(26-13-2-3-14-26)17-25-24(29)19-6-4-7-20(16-19)27-15-5-8-23(27)28/h4,6-7,9-12,16,22H,2-3,5,8,13-15,17H2,1H3,(H,25,29)/t22-/m1/s1. The summed E-state index contributed by atoms with van der Waals surface area (Å²) >= 11 is 0. The van der Waals surface area contributed by atoms with Crippen molar-refractivity contribution in [1.29, 1.82) is 0 Å². The lowest BCUT2D eigenvalue weighted by molar-refractivity contribution is -0.117. The first kappa shape index (κ1) is 20.4. The summed E-state index contributed by atoms with van der Waals surface area (Å²) in [4.78, 5) is 29.1. The third-order valence-corrected chi connectivity index (χ3v) is 6.03. The van der Waals surface area contributed by atoms with Crippen molar-refractivity contribution in [3.8, 4) is 5.75 Å². The van der Waals surface area contributed by atoms with E-state index in [1.807, 2.05) is 30.3 Å². The molecule has 0 radical (unpaired) electrons. The Balaban J connectivity index is 1.46. The Labute approximate surface area is 177 Å². The van der Waals surface area contributed by atoms with Crippen molar-refractivity contribution in [2.24, 2.45) is 0 Å². The van der Waals surface area contributed by atoms with E-state index in [-0.39, 0.29) is 17.9 Å². The Morgan fingerprint density at radius 1 is 1.07 bits per heavy atom. The highest BCUT2D eigenvalue weighted by Crippen LogP contribution is 2.27. The zero-order valence-electron chi connectivity index (χ0n) is 17.5. The van der Waals surface area contributed by atoms with Gasteiger partial charge in [0.05, 0.1) is 13.2 Å². The smallest absolute Gasteiger partial charge is 0.251 e. The van der Waals surface area contributed by atoms with Gasteiger partial charge in [0.25, 0.3) is 5.91 Å². The van der Waals surface area contributed by atoms with Crippen LogP contribution in [0.4, 0.5) is 5.69 Å². The Hall–Kier alpha value is -2.86. The SMILES string of the molecule is COc1ccc([C@@H](CNC(=O)c2cccc(N3CCCC3=O)c2)N2CCCC2)cc1. The highest BCUT2D eigenvalue weighted by molar-refractivity contribution is 5.99. The first-order valence-corrected chi connectivity index (χ1v) is 10.7. The predicted octanol–water partition coefficient (Wildman–Crippen LogP) is 3.39. The average Bonchev–Trinajstić information content (AvgIpc) is 3.46. The Bertz CT molecular complexity index is 891. The highest BCUT2D eigenvalue weighted by Gasteiger charge is 2.25. The first-order valence-electron chi connectivity index (χ1n) is 10.7. The molecule has 2 aliphatic heterocycles. The number of benzene rings is 2. The molecule has 6 nitrogen and oxygen atoms in total. The number of likely N-dealkylation sites (tertiary alicyclic amines) is 1. The number of hydrogen-bond donors (Lipinski definition) is 1. The lowest BCUT2D eigenvalue weighted by Gasteiger charge is -2.28. The predicted molar refractivity (Wildman–Crippen MR) is 117 cm³/mol. The van der Waals surface area contributed by atoms with Crippen molar-refractivity contribution in [3.63, 3.8) is 0 Å². The van der Waals surface area contributed by atoms with Crippen LogP contribution in [0.15, 0.2) is 48.5 Å². The summed E-state index contributed by atoms with van der Waals surface area (Å²) in [5.41, 5.74) is 2.56. The lowest BCUT2D eigenvalue weighted by atomic mass is 10.0. The molecule has 0 aliphatic carbocycles. The van der Waals surface area contributed by atoms with Gasteiger partial charge >= 0.3 is 0 Å². The molecule has 0 unspecified atom stereocenters. The molecular weight excluding hydrogens is 378 g/mol. The molecule has 4 rings (SSSR count). The van der Waals surface area contributed by atoms with Gasteiger partial charge in [0.15, 0.2) is 0 Å². The van der Waals surface area contributed by atoms with Crippen LogP contribution in [0.2, 0.25) is 0 Å². The van der Waals surface area contributed by atoms with Crippen molar-refractivity contribution >= 4 is 17.5 Å². The van der Waals surface area contributed by atoms with Crippen LogP contribution in [0.1, 0.15) is 47.6 Å². The zero-order chi connectivity index (χ0) is 20.9. The fourth-order valence-corrected chi connectivity index (χ4v) is 4.36. The summed E-state index contributed by atoms with van der Waals surface area (Å²) in [5, 5.41) is 3.12. The van der Waals surface area contributed by atoms with E-state index in [9.17, 15) is 9.59 Å². The van der Waals surface area contributed by atoms with Crippen LogP contribution < -0.4 is 15.0 Å². The number of nitrogens with zero attached hydrogens (tertiary/aromatic N) is 2. The maximum Gasteiger partial charge on any atom is 0.251 e. The number of nitrogens with one attached hydrogen (secondary N) is 1. The topological polar surface area (TPSA) is 61.9 Å². The highest BCUT2D eigenvalue weighted by atomic mass is 16.5. The summed E-state index contributed by atoms with van der Waals surface area (Å²) in [6, 6.07) is 15.6. The molecule has 1 atom stereocenters. The van der Waals surface area contributed by atoms with Gasteiger partial charge < -0.3 is 15.0 Å². The minimum absolute atomic E-state index is 0.110. The molecule has 6 heteroatoms. The van der Waals surface area contributed by atoms with E-state index >= 15 is 0 Å². The van der Waals surface area contributed by atoms with Gasteiger partial charge in [0.2, 0.25) is 5.91 Å². The van der Waals surface area contributed by atoms with Crippen molar-refractivity contribution in [2.75, 3.05) is 38.2 Å². The molecule has 2 aromatic carbocycles. The Morgan fingerprint density at radius 2 is 1.83 bits per heavy atom. The number of rotatable bonds is 7. The molecule has 0 bridgehead atoms. The van der Waals surface area contributed by atoms with Gasteiger partial charge in [-0.25, -0.2) is 0 Å². The maximum absolute atomic E-state index is 12.9. The second kappa shape index (κ2) is 9.30. The van der Waals surface area contributed by atoms with E-state index in [1.165, 1.54) is 18.4 Å². The van der Waals surface area contributed by atoms with Crippen LogP contribution in [0.3, 0.4) is 0 Å². The summed E-state index contributed by atoms with van der Waals surface area (Å²) in [5.74, 6) is 0.846. The molecule has 2 aliphatic rings. The number of amides is 2. The van der Waals surface area contributed by atoms with E-state index in [4.69, 9.17) is 4.74 Å². The minimum atomic E-state index is -0.110. The van der Waals surface area contributed by atoms with Crippen LogP contribution in [0.25, 0.3) is 0 Å². The first-order chi connectivity index (χ1) is 14.7. The van der Waals surface area contributed by atoms with Crippen molar-refractivity contribution in [3.05, 3.63) is 59.7 Å². The molecule has 1 N–H and O–H groups in total. The average molecular weight is 408 g/mol. The van der Waals surface area contributed by atoms with Crippen LogP contribution in [0, 0.1) is 0 Å². The van der Waals surface area contributed by atoms with Crippen molar-refractivity contribution in [1.82, 2.24) is 10.2 Å². The second-order valence-electron chi connectivity index (χ2n) is 7.94. The number of methoxy groups -OCH3 is 1. The van der Waals surface area contributed by atoms with E-state index in [0.717, 1.165) is 37.5 Å². The van der Waals surface area contributed by atoms with Crippen LogP contribution in [0.5, 0.6) is 5.75 Å². The van der Waals surface area contributed by atoms with Crippen LogP contribution in [-0.2, 0) is 4.79 Å². The quantitative estimate of drug-likeness (QED) is 0.764. The van der Waals surface area contributed by atoms with Crippen LogP contribution in [-0.4, -0.2) is 50.0 Å². The normalized spacial score (nSPS) is 17.9. The molecule has 0 saturated carbocycles. The second-order valence-corrected chi connectivity index (χ2v) is 7.94. The summed E-state index contributed by atoms with van der Waals surface area (Å²) in [6.07, 6.45) is 3.82. The lowest BCUT2D eigenvalue weighted by Crippen LogP contribution is -2.36. The minimum Gasteiger partial charge on any atom is -0.497 e. The van der Waals surface area contributed by atoms with Gasteiger partial charge in [0, 0.05) is 30.8 Å². The fourth-order valence-electron chi connectivity index (χ4n) is 4.36. The molecule has 30 heavy (non-hydrogen) atoms. The van der Waals surface area contributed by atoms with Gasteiger partial charge in [-0.3, -0.25) is 14.5 Å². The Kier molecular flexibility index (Phi) is 6.33. The van der Waals surface area contributed by atoms with Gasteiger partial charge in [-0.2, -0.15) is 0 Å². The van der Waals surface area contributed by atoms with Crippen molar-refractivity contribution < 1.29 is 14.3 Å². The van der Waals surface area contributed by atoms with Crippen molar-refractivity contribution in [2.45, 2.75) is 31.7 Å². The fraction of sp³-hybridized carbons (Fsp3) is 0.417. The summed E-state index contributed by atoms with van der Waals surface area (Å²) in [7, 11) is 1.66.